The Hall–Kier alpha value is -2.54. The molecule has 0 fully saturated rings. The lowest BCUT2D eigenvalue weighted by Gasteiger charge is -2.09. The van der Waals surface area contributed by atoms with Gasteiger partial charge < -0.3 is 21.1 Å². The van der Waals surface area contributed by atoms with Crippen LogP contribution in [0.15, 0.2) is 29.3 Å². The van der Waals surface area contributed by atoms with E-state index in [2.05, 4.69) is 15.3 Å². The summed E-state index contributed by atoms with van der Waals surface area (Å²) in [6, 6.07) is 4.13. The molecule has 0 aliphatic carbocycles. The minimum Gasteiger partial charge on any atom is -0.478 e. The van der Waals surface area contributed by atoms with E-state index in [1.54, 1.807) is 0 Å². The second-order valence-electron chi connectivity index (χ2n) is 3.62. The van der Waals surface area contributed by atoms with Crippen molar-refractivity contribution in [3.63, 3.8) is 0 Å². The SMILES string of the molecule is Nc1c(Nc2ccc(C(=O)O)cc2Cl)nc[nH]c1=O. The number of aromatic nitrogens is 2. The average molecular weight is 281 g/mol. The summed E-state index contributed by atoms with van der Waals surface area (Å²) in [4.78, 5) is 28.2. The lowest BCUT2D eigenvalue weighted by atomic mass is 10.2. The molecule has 2 rings (SSSR count). The number of hydrogen-bond acceptors (Lipinski definition) is 5. The average Bonchev–Trinajstić information content (AvgIpc) is 2.37. The van der Waals surface area contributed by atoms with Gasteiger partial charge in [0, 0.05) is 0 Å². The van der Waals surface area contributed by atoms with E-state index in [-0.39, 0.29) is 22.1 Å². The zero-order valence-electron chi connectivity index (χ0n) is 9.48. The van der Waals surface area contributed by atoms with Gasteiger partial charge in [0.1, 0.15) is 5.69 Å². The molecule has 19 heavy (non-hydrogen) atoms. The summed E-state index contributed by atoms with van der Waals surface area (Å²) < 4.78 is 0. The standard InChI is InChI=1S/C11H9ClN4O3/c12-6-3-5(11(18)19)1-2-7(6)16-9-8(13)10(17)15-4-14-9/h1-4H,13H2,(H,18,19)(H2,14,15,16,17). The van der Waals surface area contributed by atoms with E-state index in [0.29, 0.717) is 5.69 Å². The molecule has 2 aromatic rings. The smallest absolute Gasteiger partial charge is 0.335 e. The van der Waals surface area contributed by atoms with Crippen LogP contribution < -0.4 is 16.6 Å². The van der Waals surface area contributed by atoms with Gasteiger partial charge in [0.05, 0.1) is 22.6 Å². The predicted octanol–water partition coefficient (Wildman–Crippen LogP) is 1.45. The summed E-state index contributed by atoms with van der Waals surface area (Å²) in [7, 11) is 0. The fourth-order valence-corrected chi connectivity index (χ4v) is 1.61. The van der Waals surface area contributed by atoms with Gasteiger partial charge in [-0.15, -0.1) is 0 Å². The third-order valence-corrected chi connectivity index (χ3v) is 2.67. The van der Waals surface area contributed by atoms with Gasteiger partial charge in [0.15, 0.2) is 5.82 Å². The molecule has 0 saturated heterocycles. The fraction of sp³-hybridized carbons (Fsp3) is 0. The van der Waals surface area contributed by atoms with E-state index in [1.165, 1.54) is 24.5 Å². The minimum absolute atomic E-state index is 0.0578. The lowest BCUT2D eigenvalue weighted by Crippen LogP contribution is -2.14. The highest BCUT2D eigenvalue weighted by atomic mass is 35.5. The number of aromatic amines is 1. The van der Waals surface area contributed by atoms with Crippen LogP contribution in [0.5, 0.6) is 0 Å². The summed E-state index contributed by atoms with van der Waals surface area (Å²) in [5.41, 5.74) is 5.45. The first-order valence-corrected chi connectivity index (χ1v) is 5.50. The Morgan fingerprint density at radius 1 is 1.47 bits per heavy atom. The molecule has 1 heterocycles. The van der Waals surface area contributed by atoms with Crippen LogP contribution in [0.1, 0.15) is 10.4 Å². The number of rotatable bonds is 3. The molecule has 5 N–H and O–H groups in total. The van der Waals surface area contributed by atoms with Crippen LogP contribution in [0.25, 0.3) is 0 Å². The number of carbonyl (C=O) groups is 1. The number of halogens is 1. The van der Waals surface area contributed by atoms with Crippen molar-refractivity contribution in [3.05, 3.63) is 45.5 Å². The van der Waals surface area contributed by atoms with Gasteiger partial charge in [-0.1, -0.05) is 11.6 Å². The van der Waals surface area contributed by atoms with Crippen LogP contribution in [0.2, 0.25) is 5.02 Å². The van der Waals surface area contributed by atoms with Gasteiger partial charge in [0.2, 0.25) is 0 Å². The molecule has 0 spiro atoms. The van der Waals surface area contributed by atoms with E-state index in [0.717, 1.165) is 0 Å². The Balaban J connectivity index is 2.36. The Morgan fingerprint density at radius 3 is 2.84 bits per heavy atom. The summed E-state index contributed by atoms with van der Waals surface area (Å²) in [6.07, 6.45) is 1.19. The maximum atomic E-state index is 11.3. The number of benzene rings is 1. The number of nitrogens with two attached hydrogens (primary N) is 1. The fourth-order valence-electron chi connectivity index (χ4n) is 1.39. The number of anilines is 3. The molecule has 0 saturated carbocycles. The second kappa shape index (κ2) is 4.99. The van der Waals surface area contributed by atoms with E-state index in [1.807, 2.05) is 0 Å². The van der Waals surface area contributed by atoms with Crippen LogP contribution in [-0.2, 0) is 0 Å². The highest BCUT2D eigenvalue weighted by Crippen LogP contribution is 2.26. The lowest BCUT2D eigenvalue weighted by molar-refractivity contribution is 0.0697. The highest BCUT2D eigenvalue weighted by molar-refractivity contribution is 6.33. The molecule has 0 bridgehead atoms. The first-order chi connectivity index (χ1) is 8.99. The maximum Gasteiger partial charge on any atom is 0.335 e. The summed E-state index contributed by atoms with van der Waals surface area (Å²) >= 11 is 5.94. The Bertz CT molecular complexity index is 699. The third kappa shape index (κ3) is 2.66. The van der Waals surface area contributed by atoms with Crippen LogP contribution >= 0.6 is 11.6 Å². The number of nitrogen functional groups attached to an aromatic ring is 1. The van der Waals surface area contributed by atoms with Gasteiger partial charge in [-0.3, -0.25) is 4.79 Å². The molecule has 7 nitrogen and oxygen atoms in total. The van der Waals surface area contributed by atoms with Crippen molar-refractivity contribution in [2.45, 2.75) is 0 Å². The molecule has 0 aliphatic heterocycles. The van der Waals surface area contributed by atoms with E-state index < -0.39 is 11.5 Å². The number of nitrogens with zero attached hydrogens (tertiary/aromatic N) is 1. The van der Waals surface area contributed by atoms with Crippen LogP contribution in [0, 0.1) is 0 Å². The van der Waals surface area contributed by atoms with Crippen molar-refractivity contribution < 1.29 is 9.90 Å². The molecule has 8 heteroatoms. The first kappa shape index (κ1) is 12.9. The zero-order valence-corrected chi connectivity index (χ0v) is 10.2. The van der Waals surface area contributed by atoms with Crippen molar-refractivity contribution >= 4 is 34.8 Å². The van der Waals surface area contributed by atoms with Crippen LogP contribution in [0.3, 0.4) is 0 Å². The monoisotopic (exact) mass is 280 g/mol. The second-order valence-corrected chi connectivity index (χ2v) is 4.03. The van der Waals surface area contributed by atoms with Gasteiger partial charge in [-0.25, -0.2) is 9.78 Å². The number of hydrogen-bond donors (Lipinski definition) is 4. The van der Waals surface area contributed by atoms with E-state index >= 15 is 0 Å². The van der Waals surface area contributed by atoms with Gasteiger partial charge in [-0.05, 0) is 18.2 Å². The van der Waals surface area contributed by atoms with E-state index in [4.69, 9.17) is 22.4 Å². The van der Waals surface area contributed by atoms with Crippen molar-refractivity contribution in [3.8, 4) is 0 Å². The van der Waals surface area contributed by atoms with Crippen LogP contribution in [-0.4, -0.2) is 21.0 Å². The molecule has 98 valence electrons. The van der Waals surface area contributed by atoms with Gasteiger partial charge in [-0.2, -0.15) is 0 Å². The topological polar surface area (TPSA) is 121 Å². The predicted molar refractivity (Wildman–Crippen MR) is 71.0 cm³/mol. The molecule has 1 aromatic heterocycles. The van der Waals surface area contributed by atoms with E-state index in [9.17, 15) is 9.59 Å². The van der Waals surface area contributed by atoms with Gasteiger partial charge >= 0.3 is 5.97 Å². The largest absolute Gasteiger partial charge is 0.478 e. The molecule has 0 unspecified atom stereocenters. The minimum atomic E-state index is -1.08. The Morgan fingerprint density at radius 2 is 2.21 bits per heavy atom. The number of aromatic carboxylic acids is 1. The first-order valence-electron chi connectivity index (χ1n) is 5.12. The van der Waals surface area contributed by atoms with Gasteiger partial charge in [0.25, 0.3) is 5.56 Å². The molecular weight excluding hydrogens is 272 g/mol. The van der Waals surface area contributed by atoms with Crippen molar-refractivity contribution in [2.75, 3.05) is 11.1 Å². The summed E-state index contributed by atoms with van der Waals surface area (Å²) in [5.74, 6) is -0.934. The Labute approximate surface area is 112 Å². The number of nitrogens with one attached hydrogen (secondary N) is 2. The molecular formula is C11H9ClN4O3. The van der Waals surface area contributed by atoms with Crippen molar-refractivity contribution in [1.29, 1.82) is 0 Å². The highest BCUT2D eigenvalue weighted by Gasteiger charge is 2.10. The van der Waals surface area contributed by atoms with Crippen molar-refractivity contribution in [2.24, 2.45) is 0 Å². The molecule has 1 aromatic carbocycles. The Kier molecular flexibility index (Phi) is 3.39. The maximum absolute atomic E-state index is 11.3. The summed E-state index contributed by atoms with van der Waals surface area (Å²) in [6.45, 7) is 0. The molecule has 0 radical (unpaired) electrons. The van der Waals surface area contributed by atoms with Crippen molar-refractivity contribution in [1.82, 2.24) is 9.97 Å². The number of carboxylic acid groups (broad SMARTS) is 1. The molecule has 0 amide bonds. The summed E-state index contributed by atoms with van der Waals surface area (Å²) in [5, 5.41) is 11.8. The zero-order chi connectivity index (χ0) is 14.0. The number of H-pyrrole nitrogens is 1. The van der Waals surface area contributed by atoms with Crippen LogP contribution in [0.4, 0.5) is 17.2 Å². The molecule has 0 aliphatic rings. The number of carboxylic acids is 1. The molecule has 0 atom stereocenters. The normalized spacial score (nSPS) is 10.2. The quantitative estimate of drug-likeness (QED) is 0.675. The third-order valence-electron chi connectivity index (χ3n) is 2.36.